The van der Waals surface area contributed by atoms with Crippen LogP contribution in [-0.4, -0.2) is 55.6 Å². The van der Waals surface area contributed by atoms with Gasteiger partial charge in [-0.1, -0.05) is 270 Å². The quantitative estimate of drug-likeness (QED) is 0.0345. The van der Waals surface area contributed by atoms with Crippen molar-refractivity contribution < 1.29 is 19.0 Å². The second-order valence-electron chi connectivity index (χ2n) is 27.3. The number of esters is 1. The van der Waals surface area contributed by atoms with Crippen LogP contribution in [0.15, 0.2) is 146 Å². The van der Waals surface area contributed by atoms with E-state index in [1.165, 1.54) is 180 Å². The number of rotatable bonds is 68. The molecule has 1 rings (SSSR count). The third kappa shape index (κ3) is 62.8. The lowest BCUT2D eigenvalue weighted by atomic mass is 9.98. The van der Waals surface area contributed by atoms with Crippen LogP contribution in [-0.2, 0) is 19.0 Å². The molecular formula is C88H151NO4. The molecule has 5 nitrogen and oxygen atoms in total. The van der Waals surface area contributed by atoms with E-state index in [4.69, 9.17) is 14.2 Å². The molecule has 1 heterocycles. The van der Waals surface area contributed by atoms with E-state index in [2.05, 4.69) is 192 Å². The Kier molecular flexibility index (Phi) is 66.6. The van der Waals surface area contributed by atoms with Crippen LogP contribution >= 0.6 is 0 Å². The molecule has 5 heteroatoms. The SMILES string of the molecule is CC/C=C\C/C=C\C/C=C\CCCCCCCCC1(CCCCCCCC/C=C\C/C=C\C/C=C\CC)OCC(CCC(C)CCN(C)CCCCC(=O)OC(CCCCC/C=C\C/C=C\C/C=C\CCCCC)CCCCC/C=C\C/C=C\C/C=C\CCCCC)O1. The Morgan fingerprint density at radius 3 is 1.13 bits per heavy atom. The molecule has 0 spiro atoms. The minimum absolute atomic E-state index is 0.00455. The van der Waals surface area contributed by atoms with Crippen LogP contribution in [0.2, 0.25) is 0 Å². The zero-order chi connectivity index (χ0) is 67.0. The maximum absolute atomic E-state index is 13.3. The summed E-state index contributed by atoms with van der Waals surface area (Å²) in [5.74, 6) is 0.251. The smallest absolute Gasteiger partial charge is 0.306 e. The van der Waals surface area contributed by atoms with E-state index in [0.29, 0.717) is 12.3 Å². The molecule has 1 saturated heterocycles. The van der Waals surface area contributed by atoms with E-state index in [9.17, 15) is 4.79 Å². The minimum Gasteiger partial charge on any atom is -0.462 e. The number of hydrogen-bond acceptors (Lipinski definition) is 5. The van der Waals surface area contributed by atoms with E-state index < -0.39 is 0 Å². The summed E-state index contributed by atoms with van der Waals surface area (Å²) in [6.45, 7) is 14.2. The van der Waals surface area contributed by atoms with Crippen molar-refractivity contribution in [2.45, 2.75) is 374 Å². The summed E-state index contributed by atoms with van der Waals surface area (Å²) in [5.41, 5.74) is 0. The monoisotopic (exact) mass is 1290 g/mol. The molecule has 0 amide bonds. The molecule has 93 heavy (non-hydrogen) atoms. The third-order valence-electron chi connectivity index (χ3n) is 18.1. The van der Waals surface area contributed by atoms with Gasteiger partial charge >= 0.3 is 5.97 Å². The van der Waals surface area contributed by atoms with Crippen LogP contribution in [0.1, 0.15) is 356 Å². The summed E-state index contributed by atoms with van der Waals surface area (Å²) in [7, 11) is 2.26. The van der Waals surface area contributed by atoms with E-state index in [1.807, 2.05) is 0 Å². The molecule has 0 radical (unpaired) electrons. The van der Waals surface area contributed by atoms with Crippen molar-refractivity contribution in [3.05, 3.63) is 146 Å². The number of allylic oxidation sites excluding steroid dienone is 24. The van der Waals surface area contributed by atoms with Crippen LogP contribution in [0.5, 0.6) is 0 Å². The first-order chi connectivity index (χ1) is 45.9. The molecule has 1 aliphatic rings. The van der Waals surface area contributed by atoms with Gasteiger partial charge in [0.15, 0.2) is 5.79 Å². The van der Waals surface area contributed by atoms with Crippen molar-refractivity contribution >= 4 is 5.97 Å². The van der Waals surface area contributed by atoms with Crippen LogP contribution in [0.3, 0.4) is 0 Å². The Labute approximate surface area is 578 Å². The van der Waals surface area contributed by atoms with E-state index in [0.717, 1.165) is 155 Å². The van der Waals surface area contributed by atoms with Crippen molar-refractivity contribution in [3.63, 3.8) is 0 Å². The van der Waals surface area contributed by atoms with Crippen LogP contribution in [0.25, 0.3) is 0 Å². The summed E-state index contributed by atoms with van der Waals surface area (Å²) in [4.78, 5) is 15.8. The van der Waals surface area contributed by atoms with E-state index >= 15 is 0 Å². The molecule has 0 N–H and O–H groups in total. The van der Waals surface area contributed by atoms with Crippen molar-refractivity contribution in [1.82, 2.24) is 4.90 Å². The molecule has 2 unspecified atom stereocenters. The van der Waals surface area contributed by atoms with E-state index in [1.54, 1.807) is 0 Å². The summed E-state index contributed by atoms with van der Waals surface area (Å²) in [6.07, 6.45) is 113. The molecule has 0 aromatic rings. The fourth-order valence-electron chi connectivity index (χ4n) is 12.1. The van der Waals surface area contributed by atoms with Gasteiger partial charge in [-0.25, -0.2) is 0 Å². The van der Waals surface area contributed by atoms with Crippen LogP contribution in [0.4, 0.5) is 0 Å². The highest BCUT2D eigenvalue weighted by Crippen LogP contribution is 2.37. The number of nitrogens with zero attached hydrogens (tertiary/aromatic N) is 1. The standard InChI is InChI=1S/C88H151NO4/c1-7-11-15-19-23-27-31-35-39-43-47-51-55-59-63-67-73-85(74-68-64-60-56-52-48-44-40-36-32-28-24-20-16-12-8-2)92-87(90)75-69-72-81-89(6)82-78-84(5)76-77-86-83-91-88(93-86,79-70-65-61-57-53-49-45-41-37-33-29-25-21-17-13-9-3)80-71-66-62-58-54-50-46-42-38-34-30-26-22-18-14-10-4/h13-14,17-18,23-30,35-42,47-48,51-52,84-86H,7-12,15-16,19-22,31-34,43-46,49-50,53-83H2,1-6H3/b17-13-,18-14-,27-23-,28-24-,29-25-,30-26-,39-35-,40-36-,41-37-,42-38-,51-47-,52-48-. The Hall–Kier alpha value is -3.77. The molecule has 2 atom stereocenters. The first-order valence-electron chi connectivity index (χ1n) is 39.9. The van der Waals surface area contributed by atoms with Crippen molar-refractivity contribution in [2.75, 3.05) is 26.7 Å². The van der Waals surface area contributed by atoms with Crippen molar-refractivity contribution in [1.29, 1.82) is 0 Å². The van der Waals surface area contributed by atoms with E-state index in [-0.39, 0.29) is 24.0 Å². The van der Waals surface area contributed by atoms with Crippen molar-refractivity contribution in [3.8, 4) is 0 Å². The van der Waals surface area contributed by atoms with Gasteiger partial charge in [0.25, 0.3) is 0 Å². The summed E-state index contributed by atoms with van der Waals surface area (Å²) in [5, 5.41) is 0. The topological polar surface area (TPSA) is 48.0 Å². The van der Waals surface area contributed by atoms with Gasteiger partial charge in [-0.05, 0) is 238 Å². The predicted octanol–water partition coefficient (Wildman–Crippen LogP) is 27.8. The summed E-state index contributed by atoms with van der Waals surface area (Å²) < 4.78 is 20.0. The minimum atomic E-state index is -0.389. The highest BCUT2D eigenvalue weighted by molar-refractivity contribution is 5.69. The fourth-order valence-corrected chi connectivity index (χ4v) is 12.1. The Morgan fingerprint density at radius 2 is 0.742 bits per heavy atom. The molecule has 0 aromatic carbocycles. The van der Waals surface area contributed by atoms with Gasteiger partial charge in [0.1, 0.15) is 6.10 Å². The molecule has 0 aliphatic carbocycles. The summed E-state index contributed by atoms with van der Waals surface area (Å²) in [6, 6.07) is 0. The van der Waals surface area contributed by atoms with Gasteiger partial charge in [0.05, 0.1) is 12.7 Å². The normalized spacial score (nSPS) is 15.5. The average Bonchev–Trinajstić information content (AvgIpc) is 1.75. The van der Waals surface area contributed by atoms with Gasteiger partial charge in [0, 0.05) is 19.3 Å². The Bertz CT molecular complexity index is 1870. The molecule has 0 bridgehead atoms. The Morgan fingerprint density at radius 1 is 0.398 bits per heavy atom. The largest absolute Gasteiger partial charge is 0.462 e. The fraction of sp³-hybridized carbons (Fsp3) is 0.716. The molecule has 1 aliphatic heterocycles. The van der Waals surface area contributed by atoms with Gasteiger partial charge in [0.2, 0.25) is 0 Å². The van der Waals surface area contributed by atoms with Crippen molar-refractivity contribution in [2.24, 2.45) is 5.92 Å². The van der Waals surface area contributed by atoms with Crippen LogP contribution < -0.4 is 0 Å². The molecule has 0 saturated carbocycles. The molecular weight excluding hydrogens is 1130 g/mol. The Balaban J connectivity index is 2.56. The van der Waals surface area contributed by atoms with Gasteiger partial charge in [-0.2, -0.15) is 0 Å². The molecule has 1 fully saturated rings. The lowest BCUT2D eigenvalue weighted by Crippen LogP contribution is -2.31. The zero-order valence-electron chi connectivity index (χ0n) is 62.1. The second kappa shape index (κ2) is 71.0. The number of ether oxygens (including phenoxy) is 3. The lowest BCUT2D eigenvalue weighted by Gasteiger charge is -2.29. The molecule has 532 valence electrons. The average molecular weight is 1290 g/mol. The maximum Gasteiger partial charge on any atom is 0.306 e. The number of hydrogen-bond donors (Lipinski definition) is 0. The zero-order valence-corrected chi connectivity index (χ0v) is 62.1. The lowest BCUT2D eigenvalue weighted by molar-refractivity contribution is -0.180. The second-order valence-corrected chi connectivity index (χ2v) is 27.3. The highest BCUT2D eigenvalue weighted by atomic mass is 16.7. The van der Waals surface area contributed by atoms with Gasteiger partial charge < -0.3 is 19.1 Å². The number of unbranched alkanes of at least 4 members (excludes halogenated alkanes) is 25. The summed E-state index contributed by atoms with van der Waals surface area (Å²) >= 11 is 0. The van der Waals surface area contributed by atoms with Gasteiger partial charge in [-0.3, -0.25) is 4.79 Å². The first-order valence-corrected chi connectivity index (χ1v) is 39.9. The predicted molar refractivity (Wildman–Crippen MR) is 413 cm³/mol. The first kappa shape index (κ1) is 87.2. The third-order valence-corrected chi connectivity index (χ3v) is 18.1. The number of carbonyl (C=O) groups is 1. The van der Waals surface area contributed by atoms with Crippen LogP contribution in [0, 0.1) is 5.92 Å². The highest BCUT2D eigenvalue weighted by Gasteiger charge is 2.40. The molecule has 0 aromatic heterocycles. The maximum atomic E-state index is 13.3. The van der Waals surface area contributed by atoms with Gasteiger partial charge in [-0.15, -0.1) is 0 Å². The number of carbonyl (C=O) groups excluding carboxylic acids is 1.